The number of halogens is 8. The summed E-state index contributed by atoms with van der Waals surface area (Å²) in [7, 11) is 0. The van der Waals surface area contributed by atoms with Gasteiger partial charge in [0.1, 0.15) is 0 Å². The molecule has 98 valence electrons. The molecule has 0 nitrogen and oxygen atoms in total. The predicted octanol–water partition coefficient (Wildman–Crippen LogP) is 3.30. The van der Waals surface area contributed by atoms with Gasteiger partial charge in [-0.15, -0.1) is 0 Å². The van der Waals surface area contributed by atoms with Crippen LogP contribution in [0.25, 0.3) is 10.8 Å². The van der Waals surface area contributed by atoms with E-state index in [9.17, 15) is 30.7 Å². The van der Waals surface area contributed by atoms with Crippen LogP contribution in [0, 0.1) is 40.7 Å². The van der Waals surface area contributed by atoms with Crippen LogP contribution in [0.15, 0.2) is 0 Å². The average molecular weight is 329 g/mol. The zero-order valence-corrected chi connectivity index (χ0v) is 11.7. The Bertz CT molecular complexity index is 701. The van der Waals surface area contributed by atoms with E-state index < -0.39 is 85.5 Å². The number of benzene rings is 2. The van der Waals surface area contributed by atoms with Crippen molar-refractivity contribution in [2.75, 3.05) is 0 Å². The third-order valence-electron chi connectivity index (χ3n) is 2.56. The fourth-order valence-corrected chi connectivity index (χ4v) is 3.50. The third kappa shape index (κ3) is 2.11. The number of hydrogen-bond donors (Lipinski definition) is 0. The molecule has 2 aromatic rings. The molecule has 0 saturated carbocycles. The van der Waals surface area contributed by atoms with Gasteiger partial charge in [0.05, 0.1) is 0 Å². The summed E-state index contributed by atoms with van der Waals surface area (Å²) in [5, 5.41) is -3.08. The maximum absolute atomic E-state index is 13.7. The zero-order valence-electron chi connectivity index (χ0n) is 8.73. The maximum atomic E-state index is 13.7. The Labute approximate surface area is 122 Å². The summed E-state index contributed by atoms with van der Waals surface area (Å²) < 4.78 is 92.3. The van der Waals surface area contributed by atoms with Gasteiger partial charge in [0.25, 0.3) is 0 Å². The molecule has 0 fully saturated rings. The summed E-state index contributed by atoms with van der Waals surface area (Å²) >= 11 is -2.59. The van der Waals surface area contributed by atoms with Crippen LogP contribution < -0.4 is 1.66 Å². The minimum atomic E-state index is -2.59. The fourth-order valence-electron chi connectivity index (χ4n) is 1.65. The topological polar surface area (TPSA) is 0 Å². The molecule has 0 saturated heterocycles. The van der Waals surface area contributed by atoms with Crippen molar-refractivity contribution in [2.45, 2.75) is 0 Å². The second-order valence-corrected chi connectivity index (χ2v) is 6.18. The molecule has 19 heavy (non-hydrogen) atoms. The molecule has 0 radical (unpaired) electrons. The Hall–Kier alpha value is -0.240. The molecule has 0 bridgehead atoms. The second-order valence-electron chi connectivity index (χ2n) is 3.56. The monoisotopic (exact) mass is 328 g/mol. The molecule has 2 aromatic carbocycles. The first-order chi connectivity index (χ1) is 8.82. The molecule has 0 aliphatic heterocycles. The van der Waals surface area contributed by atoms with Crippen molar-refractivity contribution in [3.05, 3.63) is 40.7 Å². The van der Waals surface area contributed by atoms with Crippen molar-refractivity contribution < 1.29 is 30.7 Å². The molecule has 0 atom stereocenters. The first-order valence-corrected chi connectivity index (χ1v) is 8.84. The van der Waals surface area contributed by atoms with E-state index in [0.29, 0.717) is 0 Å². The van der Waals surface area contributed by atoms with Crippen LogP contribution in [-0.2, 0) is 0 Å². The SMILES string of the molecule is Fc1c(F)c(F)c2c(F)[c]([Ca][Cl])c(F)c(F)c2c1F. The van der Waals surface area contributed by atoms with Gasteiger partial charge in [-0.2, -0.15) is 0 Å². The number of fused-ring (bicyclic) bond motifs is 1. The van der Waals surface area contributed by atoms with Gasteiger partial charge in [-0.1, -0.05) is 0 Å². The molecule has 9 heteroatoms. The molecule has 0 aromatic heterocycles. The second kappa shape index (κ2) is 5.27. The molecule has 0 heterocycles. The first-order valence-electron chi connectivity index (χ1n) is 4.69. The normalized spacial score (nSPS) is 10.9. The van der Waals surface area contributed by atoms with Crippen molar-refractivity contribution >= 4 is 51.2 Å². The van der Waals surface area contributed by atoms with E-state index in [-0.39, 0.29) is 0 Å². The fraction of sp³-hybridized carbons (Fsp3) is 0. The van der Waals surface area contributed by atoms with E-state index in [1.54, 1.807) is 0 Å². The van der Waals surface area contributed by atoms with Crippen LogP contribution in [0.5, 0.6) is 0 Å². The Kier molecular flexibility index (Phi) is 4.21. The summed E-state index contributed by atoms with van der Waals surface area (Å²) in [6.45, 7) is 0. The van der Waals surface area contributed by atoms with Crippen molar-refractivity contribution in [1.29, 1.82) is 0 Å². The zero-order chi connectivity index (χ0) is 14.5. The van der Waals surface area contributed by atoms with Crippen LogP contribution in [0.3, 0.4) is 0 Å². The van der Waals surface area contributed by atoms with Gasteiger partial charge in [0, 0.05) is 0 Å². The first kappa shape index (κ1) is 15.2. The van der Waals surface area contributed by atoms with E-state index >= 15 is 0 Å². The molecule has 2 rings (SSSR count). The van der Waals surface area contributed by atoms with E-state index in [4.69, 9.17) is 6.39 Å². The van der Waals surface area contributed by atoms with Crippen molar-refractivity contribution in [3.63, 3.8) is 0 Å². The van der Waals surface area contributed by atoms with Crippen LogP contribution >= 0.6 is 6.39 Å². The van der Waals surface area contributed by atoms with Gasteiger partial charge >= 0.3 is 123 Å². The molecule has 0 aliphatic rings. The van der Waals surface area contributed by atoms with Crippen LogP contribution in [0.4, 0.5) is 30.7 Å². The number of rotatable bonds is 1. The molecular formula is C10CaClF7. The molecular weight excluding hydrogens is 329 g/mol. The van der Waals surface area contributed by atoms with Crippen molar-refractivity contribution in [1.82, 2.24) is 0 Å². The molecule has 0 aliphatic carbocycles. The minimum absolute atomic E-state index is 0.913. The van der Waals surface area contributed by atoms with Crippen LogP contribution in [-0.4, -0.2) is 32.3 Å². The van der Waals surface area contributed by atoms with Gasteiger partial charge in [-0.05, 0) is 0 Å². The summed E-state index contributed by atoms with van der Waals surface area (Å²) in [4.78, 5) is 0. The van der Waals surface area contributed by atoms with Gasteiger partial charge in [0.15, 0.2) is 0 Å². The van der Waals surface area contributed by atoms with E-state index in [1.807, 2.05) is 0 Å². The average Bonchev–Trinajstić information content (AvgIpc) is 2.38. The van der Waals surface area contributed by atoms with Gasteiger partial charge in [-0.25, -0.2) is 0 Å². The van der Waals surface area contributed by atoms with E-state index in [1.165, 1.54) is 0 Å². The van der Waals surface area contributed by atoms with Crippen molar-refractivity contribution in [3.8, 4) is 0 Å². The van der Waals surface area contributed by atoms with Crippen LogP contribution in [0.1, 0.15) is 0 Å². The Morgan fingerprint density at radius 2 is 0.895 bits per heavy atom. The Balaban J connectivity index is 3.18. The molecule has 0 spiro atoms. The third-order valence-corrected chi connectivity index (χ3v) is 5.05. The summed E-state index contributed by atoms with van der Waals surface area (Å²) in [5.41, 5.74) is 0. The Morgan fingerprint density at radius 3 is 1.32 bits per heavy atom. The van der Waals surface area contributed by atoms with Gasteiger partial charge in [0.2, 0.25) is 0 Å². The summed E-state index contributed by atoms with van der Waals surface area (Å²) in [6.07, 6.45) is 5.33. The van der Waals surface area contributed by atoms with Gasteiger partial charge in [-0.3, -0.25) is 0 Å². The summed E-state index contributed by atoms with van der Waals surface area (Å²) in [5.74, 6) is -14.5. The summed E-state index contributed by atoms with van der Waals surface area (Å²) in [6, 6.07) is 0. The molecule has 0 N–H and O–H groups in total. The molecule has 0 amide bonds. The standard InChI is InChI=1S/C10F7.Ca.ClH/c11-2-1-3(12)6(13)5-4(2)7(14)9(16)10(17)8(5)15;;/h;;1H/q;+1;/p-1. The van der Waals surface area contributed by atoms with Crippen molar-refractivity contribution in [2.24, 2.45) is 0 Å². The van der Waals surface area contributed by atoms with Crippen LogP contribution in [0.2, 0.25) is 0 Å². The molecule has 0 unspecified atom stereocenters. The van der Waals surface area contributed by atoms with E-state index in [0.717, 1.165) is 0 Å². The van der Waals surface area contributed by atoms with E-state index in [2.05, 4.69) is 0 Å². The number of hydrogen-bond acceptors (Lipinski definition) is 0. The quantitative estimate of drug-likeness (QED) is 0.326. The predicted molar refractivity (Wildman–Crippen MR) is 54.9 cm³/mol. The van der Waals surface area contributed by atoms with Gasteiger partial charge < -0.3 is 0 Å². The Morgan fingerprint density at radius 1 is 0.526 bits per heavy atom.